The van der Waals surface area contributed by atoms with Gasteiger partial charge in [-0.15, -0.1) is 0 Å². The van der Waals surface area contributed by atoms with Gasteiger partial charge in [-0.1, -0.05) is 31.5 Å². The third-order valence-electron chi connectivity index (χ3n) is 6.16. The molecule has 0 heterocycles. The SMILES string of the molecule is CCCCOC1CCC(C(=O)Oc2ccc(/C=C/C(=O)OCCc3ccc(N)cc3N)cc2)CC1. The lowest BCUT2D eigenvalue weighted by molar-refractivity contribution is -0.141. The fourth-order valence-electron chi connectivity index (χ4n) is 4.02. The van der Waals surface area contributed by atoms with E-state index in [1.807, 2.05) is 6.07 Å². The lowest BCUT2D eigenvalue weighted by Gasteiger charge is -2.27. The highest BCUT2D eigenvalue weighted by molar-refractivity contribution is 5.87. The molecule has 0 unspecified atom stereocenters. The number of unbranched alkanes of at least 4 members (excludes halogenated alkanes) is 1. The highest BCUT2D eigenvalue weighted by Crippen LogP contribution is 2.28. The van der Waals surface area contributed by atoms with Crippen LogP contribution >= 0.6 is 0 Å². The number of ether oxygens (including phenoxy) is 3. The van der Waals surface area contributed by atoms with Crippen LogP contribution in [-0.2, 0) is 25.5 Å². The van der Waals surface area contributed by atoms with Gasteiger partial charge < -0.3 is 25.7 Å². The van der Waals surface area contributed by atoms with Crippen molar-refractivity contribution >= 4 is 29.4 Å². The van der Waals surface area contributed by atoms with Crippen LogP contribution in [0, 0.1) is 5.92 Å². The zero-order valence-corrected chi connectivity index (χ0v) is 20.4. The molecule has 1 fully saturated rings. The summed E-state index contributed by atoms with van der Waals surface area (Å²) < 4.78 is 16.7. The Balaban J connectivity index is 1.38. The molecule has 2 aromatic carbocycles. The molecular formula is C28H36N2O5. The number of nitrogens with two attached hydrogens (primary N) is 2. The molecule has 0 amide bonds. The zero-order valence-electron chi connectivity index (χ0n) is 20.4. The van der Waals surface area contributed by atoms with Gasteiger partial charge in [0.2, 0.25) is 0 Å². The largest absolute Gasteiger partial charge is 0.462 e. The van der Waals surface area contributed by atoms with Crippen molar-refractivity contribution in [1.82, 2.24) is 0 Å². The van der Waals surface area contributed by atoms with Crippen LogP contribution in [0.1, 0.15) is 56.6 Å². The van der Waals surface area contributed by atoms with Crippen LogP contribution in [0.25, 0.3) is 6.08 Å². The van der Waals surface area contributed by atoms with Crippen LogP contribution in [0.15, 0.2) is 48.5 Å². The molecule has 0 atom stereocenters. The Morgan fingerprint density at radius 2 is 1.74 bits per heavy atom. The van der Waals surface area contributed by atoms with Crippen molar-refractivity contribution < 1.29 is 23.8 Å². The average Bonchev–Trinajstić information content (AvgIpc) is 2.85. The highest BCUT2D eigenvalue weighted by Gasteiger charge is 2.28. The predicted molar refractivity (Wildman–Crippen MR) is 138 cm³/mol. The Kier molecular flexibility index (Phi) is 10.2. The molecule has 3 rings (SSSR count). The molecule has 188 valence electrons. The van der Waals surface area contributed by atoms with E-state index >= 15 is 0 Å². The van der Waals surface area contributed by atoms with Crippen LogP contribution in [0.3, 0.4) is 0 Å². The number of esters is 2. The van der Waals surface area contributed by atoms with Crippen LogP contribution in [-0.4, -0.2) is 31.3 Å². The minimum absolute atomic E-state index is 0.0843. The second-order valence-corrected chi connectivity index (χ2v) is 8.90. The normalized spacial score (nSPS) is 17.9. The molecule has 1 aliphatic carbocycles. The maximum Gasteiger partial charge on any atom is 0.330 e. The first-order valence-electron chi connectivity index (χ1n) is 12.4. The summed E-state index contributed by atoms with van der Waals surface area (Å²) in [5.74, 6) is -0.217. The Bertz CT molecular complexity index is 995. The minimum Gasteiger partial charge on any atom is -0.462 e. The van der Waals surface area contributed by atoms with Crippen molar-refractivity contribution in [2.45, 2.75) is 58.0 Å². The second kappa shape index (κ2) is 13.5. The molecular weight excluding hydrogens is 444 g/mol. The van der Waals surface area contributed by atoms with E-state index in [2.05, 4.69) is 6.92 Å². The van der Waals surface area contributed by atoms with Crippen molar-refractivity contribution in [1.29, 1.82) is 0 Å². The average molecular weight is 481 g/mol. The Hall–Kier alpha value is -3.32. The van der Waals surface area contributed by atoms with E-state index in [9.17, 15) is 9.59 Å². The predicted octanol–water partition coefficient (Wildman–Crippen LogP) is 4.93. The summed E-state index contributed by atoms with van der Waals surface area (Å²) >= 11 is 0. The van der Waals surface area contributed by atoms with Gasteiger partial charge in [0.25, 0.3) is 0 Å². The smallest absolute Gasteiger partial charge is 0.330 e. The third-order valence-corrected chi connectivity index (χ3v) is 6.16. The molecule has 0 aliphatic heterocycles. The maximum atomic E-state index is 12.5. The number of hydrogen-bond acceptors (Lipinski definition) is 7. The zero-order chi connectivity index (χ0) is 25.0. The lowest BCUT2D eigenvalue weighted by atomic mass is 9.87. The summed E-state index contributed by atoms with van der Waals surface area (Å²) in [5.41, 5.74) is 14.5. The molecule has 0 bridgehead atoms. The summed E-state index contributed by atoms with van der Waals surface area (Å²) in [7, 11) is 0. The van der Waals surface area contributed by atoms with Crippen molar-refractivity contribution in [3.63, 3.8) is 0 Å². The summed E-state index contributed by atoms with van der Waals surface area (Å²) in [6.45, 7) is 3.17. The maximum absolute atomic E-state index is 12.5. The summed E-state index contributed by atoms with van der Waals surface area (Å²) in [6, 6.07) is 12.3. The molecule has 0 aromatic heterocycles. The fourth-order valence-corrected chi connectivity index (χ4v) is 4.02. The number of anilines is 2. The topological polar surface area (TPSA) is 114 Å². The highest BCUT2D eigenvalue weighted by atomic mass is 16.5. The van der Waals surface area contributed by atoms with E-state index in [4.69, 9.17) is 25.7 Å². The number of carbonyl (C=O) groups is 2. The van der Waals surface area contributed by atoms with Gasteiger partial charge >= 0.3 is 11.9 Å². The quantitative estimate of drug-likeness (QED) is 0.154. The van der Waals surface area contributed by atoms with E-state index in [1.165, 1.54) is 6.08 Å². The molecule has 0 radical (unpaired) electrons. The van der Waals surface area contributed by atoms with Gasteiger partial charge in [0.1, 0.15) is 5.75 Å². The number of rotatable bonds is 11. The summed E-state index contributed by atoms with van der Waals surface area (Å²) in [6.07, 6.45) is 9.40. The summed E-state index contributed by atoms with van der Waals surface area (Å²) in [4.78, 5) is 24.5. The summed E-state index contributed by atoms with van der Waals surface area (Å²) in [5, 5.41) is 0. The van der Waals surface area contributed by atoms with E-state index in [0.29, 0.717) is 23.5 Å². The van der Waals surface area contributed by atoms with Gasteiger partial charge in [-0.05, 0) is 73.6 Å². The van der Waals surface area contributed by atoms with Gasteiger partial charge in [0, 0.05) is 30.5 Å². The van der Waals surface area contributed by atoms with E-state index in [1.54, 1.807) is 42.5 Å². The first-order chi connectivity index (χ1) is 16.9. The third kappa shape index (κ3) is 8.76. The number of hydrogen-bond donors (Lipinski definition) is 2. The van der Waals surface area contributed by atoms with Gasteiger partial charge in [-0.3, -0.25) is 4.79 Å². The van der Waals surface area contributed by atoms with Crippen molar-refractivity contribution in [3.8, 4) is 5.75 Å². The molecule has 0 saturated heterocycles. The Labute approximate surface area is 207 Å². The second-order valence-electron chi connectivity index (χ2n) is 8.90. The molecule has 1 aliphatic rings. The Morgan fingerprint density at radius 3 is 2.43 bits per heavy atom. The van der Waals surface area contributed by atoms with Gasteiger partial charge in [-0.2, -0.15) is 0 Å². The van der Waals surface area contributed by atoms with Gasteiger partial charge in [0.05, 0.1) is 18.6 Å². The monoisotopic (exact) mass is 480 g/mol. The van der Waals surface area contributed by atoms with Crippen LogP contribution < -0.4 is 16.2 Å². The fraction of sp³-hybridized carbons (Fsp3) is 0.429. The van der Waals surface area contributed by atoms with E-state index in [0.717, 1.165) is 56.3 Å². The van der Waals surface area contributed by atoms with Crippen molar-refractivity contribution in [2.75, 3.05) is 24.7 Å². The van der Waals surface area contributed by atoms with E-state index in [-0.39, 0.29) is 24.6 Å². The molecule has 1 saturated carbocycles. The first-order valence-corrected chi connectivity index (χ1v) is 12.4. The molecule has 7 heteroatoms. The van der Waals surface area contributed by atoms with Crippen molar-refractivity contribution in [2.24, 2.45) is 5.92 Å². The van der Waals surface area contributed by atoms with Crippen LogP contribution in [0.4, 0.5) is 11.4 Å². The molecule has 0 spiro atoms. The van der Waals surface area contributed by atoms with E-state index < -0.39 is 5.97 Å². The van der Waals surface area contributed by atoms with Gasteiger partial charge in [-0.25, -0.2) is 4.79 Å². The molecule has 35 heavy (non-hydrogen) atoms. The molecule has 7 nitrogen and oxygen atoms in total. The number of carbonyl (C=O) groups excluding carboxylic acids is 2. The van der Waals surface area contributed by atoms with Crippen LogP contribution in [0.2, 0.25) is 0 Å². The van der Waals surface area contributed by atoms with Crippen molar-refractivity contribution in [3.05, 3.63) is 59.7 Å². The first kappa shape index (κ1) is 26.3. The molecule has 2 aromatic rings. The Morgan fingerprint density at radius 1 is 1.00 bits per heavy atom. The number of nitrogen functional groups attached to an aromatic ring is 2. The lowest BCUT2D eigenvalue weighted by Crippen LogP contribution is -2.29. The number of benzene rings is 2. The standard InChI is InChI=1S/C28H36N2O5/c1-2-3-17-33-24-13-8-22(9-14-24)28(32)35-25-11-4-20(5-12-25)6-15-27(31)34-18-16-21-7-10-23(29)19-26(21)30/h4-7,10-12,15,19,22,24H,2-3,8-9,13-14,16-18,29-30H2,1H3/b15-6+. The molecule has 4 N–H and O–H groups in total. The van der Waals surface area contributed by atoms with Crippen LogP contribution in [0.5, 0.6) is 5.75 Å². The minimum atomic E-state index is -0.441. The van der Waals surface area contributed by atoms with Gasteiger partial charge in [0.15, 0.2) is 0 Å².